The number of hydrogen-bond donors (Lipinski definition) is 2. The Labute approximate surface area is 148 Å². The van der Waals surface area contributed by atoms with Gasteiger partial charge in [0.25, 0.3) is 0 Å². The van der Waals surface area contributed by atoms with E-state index in [4.69, 9.17) is 4.74 Å². The monoisotopic (exact) mass is 372 g/mol. The van der Waals surface area contributed by atoms with Crippen LogP contribution in [-0.2, 0) is 12.7 Å². The van der Waals surface area contributed by atoms with E-state index in [1.54, 1.807) is 7.05 Å². The molecule has 1 aromatic carbocycles. The Morgan fingerprint density at radius 1 is 1.32 bits per heavy atom. The highest BCUT2D eigenvalue weighted by Gasteiger charge is 2.33. The van der Waals surface area contributed by atoms with Crippen LogP contribution in [0.4, 0.5) is 13.2 Å². The lowest BCUT2D eigenvalue weighted by atomic mass is 10.2. The molecule has 9 heteroatoms. The molecule has 1 heterocycles. The van der Waals surface area contributed by atoms with E-state index < -0.39 is 11.9 Å². The van der Waals surface area contributed by atoms with Gasteiger partial charge in [0, 0.05) is 12.4 Å². The number of aliphatic imine (C=N–C) groups is 1. The van der Waals surface area contributed by atoms with E-state index in [1.165, 1.54) is 0 Å². The van der Waals surface area contributed by atoms with Gasteiger partial charge in [0.2, 0.25) is 0 Å². The summed E-state index contributed by atoms with van der Waals surface area (Å²) in [7, 11) is 1.58. The maximum atomic E-state index is 12.5. The molecule has 2 aromatic rings. The first-order valence-electron chi connectivity index (χ1n) is 7.54. The van der Waals surface area contributed by atoms with Crippen molar-refractivity contribution in [3.63, 3.8) is 0 Å². The van der Waals surface area contributed by atoms with Crippen molar-refractivity contribution in [2.24, 2.45) is 4.99 Å². The number of alkyl halides is 3. The number of thiazole rings is 1. The fourth-order valence-electron chi connectivity index (χ4n) is 1.95. The van der Waals surface area contributed by atoms with Gasteiger partial charge in [-0.2, -0.15) is 13.2 Å². The zero-order valence-corrected chi connectivity index (χ0v) is 14.7. The van der Waals surface area contributed by atoms with Gasteiger partial charge in [-0.05, 0) is 24.6 Å². The number of ether oxygens (including phenoxy) is 1. The van der Waals surface area contributed by atoms with Crippen LogP contribution in [0.15, 0.2) is 34.6 Å². The number of rotatable bonds is 6. The van der Waals surface area contributed by atoms with Crippen LogP contribution in [0.3, 0.4) is 0 Å². The Bertz CT molecular complexity index is 715. The Balaban J connectivity index is 1.73. The summed E-state index contributed by atoms with van der Waals surface area (Å²) in [6.07, 6.45) is -4.41. The van der Waals surface area contributed by atoms with Crippen LogP contribution in [-0.4, -0.2) is 31.1 Å². The van der Waals surface area contributed by atoms with Crippen molar-refractivity contribution >= 4 is 17.3 Å². The summed E-state index contributed by atoms with van der Waals surface area (Å²) < 4.78 is 43.1. The van der Waals surface area contributed by atoms with E-state index in [0.717, 1.165) is 28.0 Å². The Hall–Kier alpha value is -2.29. The molecule has 2 N–H and O–H groups in total. The number of hydrogen-bond acceptors (Lipinski definition) is 4. The molecule has 25 heavy (non-hydrogen) atoms. The molecule has 0 bridgehead atoms. The fourth-order valence-corrected chi connectivity index (χ4v) is 2.69. The van der Waals surface area contributed by atoms with E-state index >= 15 is 0 Å². The summed E-state index contributed by atoms with van der Waals surface area (Å²) in [5.74, 6) is 1.25. The summed E-state index contributed by atoms with van der Waals surface area (Å²) in [5.41, 5.74) is 0.244. The summed E-state index contributed by atoms with van der Waals surface area (Å²) in [6, 6.07) is 7.72. The van der Waals surface area contributed by atoms with Gasteiger partial charge in [0.15, 0.2) is 11.7 Å². The zero-order chi connectivity index (χ0) is 18.3. The largest absolute Gasteiger partial charge is 0.492 e. The van der Waals surface area contributed by atoms with Crippen LogP contribution in [0.5, 0.6) is 5.75 Å². The molecule has 0 aliphatic heterocycles. The number of nitrogens with one attached hydrogen (secondary N) is 2. The minimum absolute atomic E-state index is 0.166. The van der Waals surface area contributed by atoms with Crippen LogP contribution >= 0.6 is 11.3 Å². The molecule has 0 fully saturated rings. The Morgan fingerprint density at radius 3 is 2.76 bits per heavy atom. The smallest absolute Gasteiger partial charge is 0.434 e. The van der Waals surface area contributed by atoms with E-state index in [0.29, 0.717) is 24.1 Å². The number of benzene rings is 1. The molecule has 0 unspecified atom stereocenters. The molecule has 0 saturated heterocycles. The molecule has 0 atom stereocenters. The third kappa shape index (κ3) is 6.26. The van der Waals surface area contributed by atoms with Crippen LogP contribution in [0.2, 0.25) is 0 Å². The molecule has 0 aliphatic carbocycles. The van der Waals surface area contributed by atoms with Crippen molar-refractivity contribution in [2.45, 2.75) is 19.6 Å². The fraction of sp³-hybridized carbons (Fsp3) is 0.375. The molecule has 0 saturated carbocycles. The average molecular weight is 372 g/mol. The molecule has 2 rings (SSSR count). The Morgan fingerprint density at radius 2 is 2.12 bits per heavy atom. The van der Waals surface area contributed by atoms with Crippen molar-refractivity contribution in [2.75, 3.05) is 20.2 Å². The molecule has 0 spiro atoms. The lowest BCUT2D eigenvalue weighted by molar-refractivity contribution is -0.140. The SMILES string of the molecule is CN=C(NCCOc1cccc(C)c1)NCc1nc(C(F)(F)F)cs1. The maximum absolute atomic E-state index is 12.5. The summed E-state index contributed by atoms with van der Waals surface area (Å²) in [5, 5.41) is 7.29. The van der Waals surface area contributed by atoms with Crippen molar-refractivity contribution in [3.8, 4) is 5.75 Å². The Kier molecular flexibility index (Phi) is 6.63. The average Bonchev–Trinajstić information content (AvgIpc) is 3.03. The van der Waals surface area contributed by atoms with E-state index in [9.17, 15) is 13.2 Å². The van der Waals surface area contributed by atoms with Gasteiger partial charge in [-0.3, -0.25) is 4.99 Å². The number of halogens is 3. The van der Waals surface area contributed by atoms with Gasteiger partial charge in [-0.25, -0.2) is 4.98 Å². The second-order valence-electron chi connectivity index (χ2n) is 5.14. The van der Waals surface area contributed by atoms with Gasteiger partial charge in [0.1, 0.15) is 17.4 Å². The molecule has 5 nitrogen and oxygen atoms in total. The van der Waals surface area contributed by atoms with Crippen molar-refractivity contribution in [1.29, 1.82) is 0 Å². The van der Waals surface area contributed by atoms with Crippen molar-refractivity contribution in [3.05, 3.63) is 45.9 Å². The number of guanidine groups is 1. The highest BCUT2D eigenvalue weighted by Crippen LogP contribution is 2.29. The maximum Gasteiger partial charge on any atom is 0.434 e. The molecular formula is C16H19F3N4OS. The second kappa shape index (κ2) is 8.70. The molecule has 0 amide bonds. The highest BCUT2D eigenvalue weighted by molar-refractivity contribution is 7.09. The van der Waals surface area contributed by atoms with Crippen molar-refractivity contribution < 1.29 is 17.9 Å². The van der Waals surface area contributed by atoms with E-state index in [-0.39, 0.29) is 6.54 Å². The normalized spacial score (nSPS) is 12.1. The van der Waals surface area contributed by atoms with E-state index in [2.05, 4.69) is 20.6 Å². The summed E-state index contributed by atoms with van der Waals surface area (Å²) in [6.45, 7) is 3.08. The number of aryl methyl sites for hydroxylation is 1. The third-order valence-corrected chi connectivity index (χ3v) is 3.97. The first-order valence-corrected chi connectivity index (χ1v) is 8.42. The summed E-state index contributed by atoms with van der Waals surface area (Å²) >= 11 is 0.955. The molecule has 0 aliphatic rings. The lowest BCUT2D eigenvalue weighted by Gasteiger charge is -2.12. The predicted octanol–water partition coefficient (Wildman–Crippen LogP) is 3.21. The number of nitrogens with zero attached hydrogens (tertiary/aromatic N) is 2. The predicted molar refractivity (Wildman–Crippen MR) is 92.0 cm³/mol. The minimum atomic E-state index is -4.41. The minimum Gasteiger partial charge on any atom is -0.492 e. The van der Waals surface area contributed by atoms with Gasteiger partial charge >= 0.3 is 6.18 Å². The first kappa shape index (κ1) is 19.0. The molecule has 1 aromatic heterocycles. The lowest BCUT2D eigenvalue weighted by Crippen LogP contribution is -2.38. The van der Waals surface area contributed by atoms with Crippen LogP contribution in [0.25, 0.3) is 0 Å². The quantitative estimate of drug-likeness (QED) is 0.464. The third-order valence-electron chi connectivity index (χ3n) is 3.13. The highest BCUT2D eigenvalue weighted by atomic mass is 32.1. The van der Waals surface area contributed by atoms with Crippen LogP contribution < -0.4 is 15.4 Å². The van der Waals surface area contributed by atoms with Gasteiger partial charge in [-0.15, -0.1) is 11.3 Å². The van der Waals surface area contributed by atoms with Gasteiger partial charge < -0.3 is 15.4 Å². The molecular weight excluding hydrogens is 353 g/mol. The summed E-state index contributed by atoms with van der Waals surface area (Å²) in [4.78, 5) is 7.57. The molecule has 0 radical (unpaired) electrons. The van der Waals surface area contributed by atoms with Crippen LogP contribution in [0, 0.1) is 6.92 Å². The number of aromatic nitrogens is 1. The first-order chi connectivity index (χ1) is 11.9. The topological polar surface area (TPSA) is 58.5 Å². The van der Waals surface area contributed by atoms with Crippen LogP contribution in [0.1, 0.15) is 16.3 Å². The van der Waals surface area contributed by atoms with Gasteiger partial charge in [-0.1, -0.05) is 12.1 Å². The standard InChI is InChI=1S/C16H19F3N4OS/c1-11-4-3-5-12(8-11)24-7-6-21-15(20-2)22-9-14-23-13(10-25-14)16(17,18)19/h3-5,8,10H,6-7,9H2,1-2H3,(H2,20,21,22). The van der Waals surface area contributed by atoms with Gasteiger partial charge in [0.05, 0.1) is 13.1 Å². The second-order valence-corrected chi connectivity index (χ2v) is 6.08. The van der Waals surface area contributed by atoms with E-state index in [1.807, 2.05) is 31.2 Å². The molecule has 136 valence electrons. The van der Waals surface area contributed by atoms with Crippen molar-refractivity contribution in [1.82, 2.24) is 15.6 Å². The zero-order valence-electron chi connectivity index (χ0n) is 13.9.